The molecule has 2 N–H and O–H groups in total. The fourth-order valence-corrected chi connectivity index (χ4v) is 2.02. The summed E-state index contributed by atoms with van der Waals surface area (Å²) in [6, 6.07) is 14.8. The van der Waals surface area contributed by atoms with Gasteiger partial charge in [0.05, 0.1) is 0 Å². The first kappa shape index (κ1) is 17.3. The molecule has 0 bridgehead atoms. The second-order valence-corrected chi connectivity index (χ2v) is 6.41. The van der Waals surface area contributed by atoms with Crippen molar-refractivity contribution < 1.29 is 14.7 Å². The number of amides is 1. The quantitative estimate of drug-likeness (QED) is 0.625. The molecule has 0 heterocycles. The number of carbonyl (C=O) groups is 2. The maximum atomic E-state index is 11.1. The van der Waals surface area contributed by atoms with E-state index in [9.17, 15) is 9.59 Å². The van der Waals surface area contributed by atoms with Gasteiger partial charge in [-0.1, -0.05) is 44.7 Å². The smallest absolute Gasteiger partial charge is 0.394 e. The van der Waals surface area contributed by atoms with Crippen molar-refractivity contribution in [2.45, 2.75) is 26.2 Å². The minimum atomic E-state index is -1.52. The number of rotatable bonds is 1. The molecule has 0 atom stereocenters. The van der Waals surface area contributed by atoms with E-state index in [1.54, 1.807) is 24.3 Å². The third-order valence-electron chi connectivity index (χ3n) is 3.44. The summed E-state index contributed by atoms with van der Waals surface area (Å²) < 4.78 is 0. The lowest BCUT2D eigenvalue weighted by molar-refractivity contribution is -0.147. The van der Waals surface area contributed by atoms with Crippen LogP contribution >= 0.6 is 0 Å². The van der Waals surface area contributed by atoms with Gasteiger partial charge in [0.2, 0.25) is 0 Å². The van der Waals surface area contributed by atoms with Crippen molar-refractivity contribution in [3.05, 3.63) is 65.2 Å². The van der Waals surface area contributed by atoms with Crippen molar-refractivity contribution in [1.29, 1.82) is 0 Å². The largest absolute Gasteiger partial charge is 0.474 e. The highest BCUT2D eigenvalue weighted by Gasteiger charge is 2.12. The Morgan fingerprint density at radius 3 is 1.75 bits per heavy atom. The fourth-order valence-electron chi connectivity index (χ4n) is 2.02. The lowest BCUT2D eigenvalue weighted by Crippen LogP contribution is -2.21. The van der Waals surface area contributed by atoms with Gasteiger partial charge in [-0.3, -0.25) is 4.79 Å². The fraction of sp³-hybridized carbons (Fsp3) is 0.200. The van der Waals surface area contributed by atoms with Gasteiger partial charge in [-0.05, 0) is 47.4 Å². The van der Waals surface area contributed by atoms with Crippen LogP contribution in [0, 0.1) is 11.8 Å². The highest BCUT2D eigenvalue weighted by atomic mass is 16.4. The van der Waals surface area contributed by atoms with Crippen LogP contribution in [-0.2, 0) is 15.0 Å². The molecule has 0 fully saturated rings. The average Bonchev–Trinajstić information content (AvgIpc) is 2.53. The number of carbonyl (C=O) groups excluding carboxylic acids is 1. The minimum absolute atomic E-state index is 0.113. The normalized spacial score (nSPS) is 10.5. The van der Waals surface area contributed by atoms with Crippen molar-refractivity contribution in [3.8, 4) is 11.8 Å². The number of hydrogen-bond donors (Lipinski definition) is 2. The van der Waals surface area contributed by atoms with Gasteiger partial charge in [0.15, 0.2) is 0 Å². The molecule has 0 aromatic heterocycles. The number of aliphatic carboxylic acids is 1. The topological polar surface area (TPSA) is 66.4 Å². The van der Waals surface area contributed by atoms with Crippen LogP contribution in [0.2, 0.25) is 0 Å². The number of anilines is 1. The second kappa shape index (κ2) is 7.01. The predicted molar refractivity (Wildman–Crippen MR) is 93.8 cm³/mol. The Kier molecular flexibility index (Phi) is 5.05. The summed E-state index contributed by atoms with van der Waals surface area (Å²) in [5.41, 5.74) is 3.49. The summed E-state index contributed by atoms with van der Waals surface area (Å²) in [5, 5.41) is 10.8. The number of carboxylic acid groups (broad SMARTS) is 1. The molecule has 2 aromatic carbocycles. The minimum Gasteiger partial charge on any atom is -0.474 e. The zero-order chi connectivity index (χ0) is 17.7. The van der Waals surface area contributed by atoms with Gasteiger partial charge in [0.1, 0.15) is 0 Å². The molecule has 0 saturated heterocycles. The molecule has 0 radical (unpaired) electrons. The molecule has 2 rings (SSSR count). The van der Waals surface area contributed by atoms with Crippen LogP contribution in [0.25, 0.3) is 0 Å². The molecule has 0 unspecified atom stereocenters. The average molecular weight is 321 g/mol. The highest BCUT2D eigenvalue weighted by molar-refractivity contribution is 6.36. The zero-order valence-corrected chi connectivity index (χ0v) is 13.9. The number of carboxylic acids is 1. The second-order valence-electron chi connectivity index (χ2n) is 6.41. The third-order valence-corrected chi connectivity index (χ3v) is 3.44. The molecule has 0 spiro atoms. The van der Waals surface area contributed by atoms with Gasteiger partial charge >= 0.3 is 11.9 Å². The van der Waals surface area contributed by atoms with Crippen LogP contribution in [0.4, 0.5) is 5.69 Å². The van der Waals surface area contributed by atoms with Crippen LogP contribution in [0.1, 0.15) is 37.5 Å². The maximum absolute atomic E-state index is 11.1. The lowest BCUT2D eigenvalue weighted by Gasteiger charge is -2.18. The Hall–Kier alpha value is -3.06. The van der Waals surface area contributed by atoms with Crippen LogP contribution in [0.5, 0.6) is 0 Å². The van der Waals surface area contributed by atoms with Crippen LogP contribution in [0.3, 0.4) is 0 Å². The van der Waals surface area contributed by atoms with Crippen molar-refractivity contribution in [2.75, 3.05) is 5.32 Å². The molecule has 2 aromatic rings. The molecule has 0 aliphatic carbocycles. The van der Waals surface area contributed by atoms with E-state index in [4.69, 9.17) is 5.11 Å². The van der Waals surface area contributed by atoms with Gasteiger partial charge < -0.3 is 10.4 Å². The summed E-state index contributed by atoms with van der Waals surface area (Å²) in [4.78, 5) is 21.5. The number of nitrogens with one attached hydrogen (secondary N) is 1. The Morgan fingerprint density at radius 2 is 1.33 bits per heavy atom. The molecular formula is C20H19NO3. The van der Waals surface area contributed by atoms with Crippen LogP contribution < -0.4 is 5.32 Å². The summed E-state index contributed by atoms with van der Waals surface area (Å²) in [6.45, 7) is 6.50. The molecule has 24 heavy (non-hydrogen) atoms. The summed E-state index contributed by atoms with van der Waals surface area (Å²) in [6.07, 6.45) is 0. The summed E-state index contributed by atoms with van der Waals surface area (Å²) >= 11 is 0. The van der Waals surface area contributed by atoms with Crippen LogP contribution in [-0.4, -0.2) is 17.0 Å². The lowest BCUT2D eigenvalue weighted by atomic mass is 9.87. The predicted octanol–water partition coefficient (Wildman–Crippen LogP) is 3.41. The Labute approximate surface area is 141 Å². The molecular weight excluding hydrogens is 302 g/mol. The van der Waals surface area contributed by atoms with Crippen molar-refractivity contribution in [1.82, 2.24) is 0 Å². The van der Waals surface area contributed by atoms with Crippen molar-refractivity contribution in [2.24, 2.45) is 0 Å². The van der Waals surface area contributed by atoms with E-state index in [2.05, 4.69) is 50.1 Å². The molecule has 4 nitrogen and oxygen atoms in total. The molecule has 1 amide bonds. The molecule has 122 valence electrons. The first-order valence-electron chi connectivity index (χ1n) is 7.52. The third kappa shape index (κ3) is 4.72. The zero-order valence-electron chi connectivity index (χ0n) is 13.9. The van der Waals surface area contributed by atoms with E-state index in [1.165, 1.54) is 5.56 Å². The van der Waals surface area contributed by atoms with E-state index in [1.807, 2.05) is 12.1 Å². The Bertz CT molecular complexity index is 801. The van der Waals surface area contributed by atoms with Gasteiger partial charge in [-0.15, -0.1) is 0 Å². The summed E-state index contributed by atoms with van der Waals surface area (Å²) in [7, 11) is 0. The van der Waals surface area contributed by atoms with E-state index >= 15 is 0 Å². The highest BCUT2D eigenvalue weighted by Crippen LogP contribution is 2.21. The van der Waals surface area contributed by atoms with E-state index in [-0.39, 0.29) is 5.41 Å². The summed E-state index contributed by atoms with van der Waals surface area (Å²) in [5.74, 6) is 3.55. The van der Waals surface area contributed by atoms with Crippen LogP contribution in [0.15, 0.2) is 48.5 Å². The SMILES string of the molecule is CC(C)(C)c1ccc(C#Cc2ccc(NC(=O)C(=O)O)cc2)cc1. The number of hydrogen-bond acceptors (Lipinski definition) is 2. The number of benzene rings is 2. The van der Waals surface area contributed by atoms with Gasteiger partial charge in [-0.2, -0.15) is 0 Å². The molecule has 0 saturated carbocycles. The Morgan fingerprint density at radius 1 is 0.875 bits per heavy atom. The molecule has 0 aliphatic heterocycles. The Balaban J connectivity index is 2.08. The standard InChI is InChI=1S/C20H19NO3/c1-20(2,3)16-10-6-14(7-11-16)4-5-15-8-12-17(13-9-15)21-18(22)19(23)24/h6-13H,1-3H3,(H,21,22)(H,23,24). The monoisotopic (exact) mass is 321 g/mol. The molecule has 4 heteroatoms. The van der Waals surface area contributed by atoms with E-state index in [0.29, 0.717) is 5.69 Å². The van der Waals surface area contributed by atoms with Crippen molar-refractivity contribution in [3.63, 3.8) is 0 Å². The van der Waals surface area contributed by atoms with Gasteiger partial charge in [0, 0.05) is 16.8 Å². The maximum Gasteiger partial charge on any atom is 0.394 e. The van der Waals surface area contributed by atoms with Gasteiger partial charge in [0.25, 0.3) is 0 Å². The molecule has 0 aliphatic rings. The van der Waals surface area contributed by atoms with Crippen molar-refractivity contribution >= 4 is 17.6 Å². The van der Waals surface area contributed by atoms with Gasteiger partial charge in [-0.25, -0.2) is 4.79 Å². The van der Waals surface area contributed by atoms with E-state index < -0.39 is 11.9 Å². The first-order chi connectivity index (χ1) is 11.3. The van der Waals surface area contributed by atoms with E-state index in [0.717, 1.165) is 11.1 Å². The first-order valence-corrected chi connectivity index (χ1v) is 7.52.